The summed E-state index contributed by atoms with van der Waals surface area (Å²) in [7, 11) is 1.75. The zero-order valence-corrected chi connectivity index (χ0v) is 13.1. The fourth-order valence-electron chi connectivity index (χ4n) is 2.56. The van der Waals surface area contributed by atoms with Crippen LogP contribution in [0.25, 0.3) is 0 Å². The first-order valence-corrected chi connectivity index (χ1v) is 7.58. The van der Waals surface area contributed by atoms with Gasteiger partial charge in [0.05, 0.1) is 6.42 Å². The van der Waals surface area contributed by atoms with Crippen LogP contribution in [0.5, 0.6) is 0 Å². The fourth-order valence-corrected chi connectivity index (χ4v) is 2.56. The Bertz CT molecular complexity index is 502. The van der Waals surface area contributed by atoms with Gasteiger partial charge in [-0.15, -0.1) is 0 Å². The van der Waals surface area contributed by atoms with Gasteiger partial charge in [-0.3, -0.25) is 9.59 Å². The quantitative estimate of drug-likeness (QED) is 0.857. The Kier molecular flexibility index (Phi) is 4.99. The van der Waals surface area contributed by atoms with Gasteiger partial charge < -0.3 is 9.80 Å². The molecule has 0 atom stereocenters. The molecule has 0 unspecified atom stereocenters. The van der Waals surface area contributed by atoms with E-state index in [1.54, 1.807) is 11.9 Å². The molecule has 4 nitrogen and oxygen atoms in total. The molecule has 114 valence electrons. The van der Waals surface area contributed by atoms with E-state index >= 15 is 0 Å². The van der Waals surface area contributed by atoms with Crippen LogP contribution in [-0.4, -0.2) is 36.9 Å². The van der Waals surface area contributed by atoms with Gasteiger partial charge in [-0.25, -0.2) is 0 Å². The van der Waals surface area contributed by atoms with Crippen LogP contribution in [0.3, 0.4) is 0 Å². The van der Waals surface area contributed by atoms with Gasteiger partial charge in [0, 0.05) is 32.7 Å². The van der Waals surface area contributed by atoms with Crippen LogP contribution in [0.2, 0.25) is 0 Å². The number of nitrogens with zero attached hydrogens (tertiary/aromatic N) is 2. The second-order valence-electron chi connectivity index (χ2n) is 5.98. The van der Waals surface area contributed by atoms with E-state index in [0.717, 1.165) is 43.1 Å². The van der Waals surface area contributed by atoms with Gasteiger partial charge in [0.15, 0.2) is 0 Å². The number of benzene rings is 1. The van der Waals surface area contributed by atoms with E-state index in [1.165, 1.54) is 6.92 Å². The second-order valence-corrected chi connectivity index (χ2v) is 5.98. The Morgan fingerprint density at radius 3 is 2.29 bits per heavy atom. The van der Waals surface area contributed by atoms with Gasteiger partial charge in [0.1, 0.15) is 0 Å². The van der Waals surface area contributed by atoms with Gasteiger partial charge in [0.2, 0.25) is 11.8 Å². The van der Waals surface area contributed by atoms with Crippen molar-refractivity contribution in [1.82, 2.24) is 4.90 Å². The smallest absolute Gasteiger partial charge is 0.226 e. The monoisotopic (exact) mass is 288 g/mol. The molecule has 4 heteroatoms. The molecule has 0 radical (unpaired) electrons. The maximum atomic E-state index is 12.3. The number of likely N-dealkylation sites (tertiary alicyclic amines) is 1. The number of hydrogen-bond donors (Lipinski definition) is 0. The van der Waals surface area contributed by atoms with E-state index in [1.807, 2.05) is 29.2 Å². The van der Waals surface area contributed by atoms with Crippen LogP contribution in [0.15, 0.2) is 24.3 Å². The topological polar surface area (TPSA) is 40.6 Å². The number of rotatable bonds is 3. The summed E-state index contributed by atoms with van der Waals surface area (Å²) in [5.74, 6) is 0.936. The van der Waals surface area contributed by atoms with E-state index in [0.29, 0.717) is 6.42 Å². The Hall–Kier alpha value is -1.84. The highest BCUT2D eigenvalue weighted by atomic mass is 16.2. The van der Waals surface area contributed by atoms with Crippen LogP contribution in [-0.2, 0) is 16.0 Å². The second kappa shape index (κ2) is 6.74. The van der Waals surface area contributed by atoms with Crippen molar-refractivity contribution in [2.45, 2.75) is 33.1 Å². The third-order valence-electron chi connectivity index (χ3n) is 4.29. The van der Waals surface area contributed by atoms with Crippen molar-refractivity contribution in [1.29, 1.82) is 0 Å². The lowest BCUT2D eigenvalue weighted by molar-refractivity contribution is -0.131. The lowest BCUT2D eigenvalue weighted by Gasteiger charge is -2.30. The van der Waals surface area contributed by atoms with E-state index in [2.05, 4.69) is 6.92 Å². The number of amides is 2. The van der Waals surface area contributed by atoms with Gasteiger partial charge in [-0.2, -0.15) is 0 Å². The molecule has 1 aromatic rings. The third kappa shape index (κ3) is 4.06. The first-order chi connectivity index (χ1) is 9.97. The minimum Gasteiger partial charge on any atom is -0.342 e. The lowest BCUT2D eigenvalue weighted by Crippen LogP contribution is -2.38. The van der Waals surface area contributed by atoms with E-state index < -0.39 is 0 Å². The molecular weight excluding hydrogens is 264 g/mol. The third-order valence-corrected chi connectivity index (χ3v) is 4.29. The maximum Gasteiger partial charge on any atom is 0.226 e. The van der Waals surface area contributed by atoms with Crippen molar-refractivity contribution in [3.63, 3.8) is 0 Å². The minimum atomic E-state index is 0.00117. The summed E-state index contributed by atoms with van der Waals surface area (Å²) in [6.07, 6.45) is 2.65. The number of anilines is 1. The average molecular weight is 288 g/mol. The normalized spacial score (nSPS) is 15.9. The fraction of sp³-hybridized carbons (Fsp3) is 0.529. The first-order valence-electron chi connectivity index (χ1n) is 7.58. The summed E-state index contributed by atoms with van der Waals surface area (Å²) >= 11 is 0. The molecule has 21 heavy (non-hydrogen) atoms. The number of carbonyl (C=O) groups excluding carboxylic acids is 2. The van der Waals surface area contributed by atoms with Gasteiger partial charge in [-0.1, -0.05) is 19.1 Å². The van der Waals surface area contributed by atoms with E-state index in [4.69, 9.17) is 0 Å². The summed E-state index contributed by atoms with van der Waals surface area (Å²) in [4.78, 5) is 27.1. The minimum absolute atomic E-state index is 0.00117. The van der Waals surface area contributed by atoms with Crippen LogP contribution >= 0.6 is 0 Å². The van der Waals surface area contributed by atoms with Crippen molar-refractivity contribution in [2.75, 3.05) is 25.0 Å². The Labute approximate surface area is 126 Å². The summed E-state index contributed by atoms with van der Waals surface area (Å²) in [5.41, 5.74) is 1.85. The van der Waals surface area contributed by atoms with Crippen molar-refractivity contribution in [3.8, 4) is 0 Å². The summed E-state index contributed by atoms with van der Waals surface area (Å²) < 4.78 is 0. The molecule has 1 saturated heterocycles. The molecule has 1 aromatic carbocycles. The highest BCUT2D eigenvalue weighted by molar-refractivity contribution is 5.90. The van der Waals surface area contributed by atoms with Gasteiger partial charge >= 0.3 is 0 Å². The zero-order valence-electron chi connectivity index (χ0n) is 13.1. The lowest BCUT2D eigenvalue weighted by atomic mass is 9.98. The summed E-state index contributed by atoms with van der Waals surface area (Å²) in [6.45, 7) is 5.54. The predicted molar refractivity (Wildman–Crippen MR) is 84.2 cm³/mol. The van der Waals surface area contributed by atoms with E-state index in [-0.39, 0.29) is 11.8 Å². The Balaban J connectivity index is 1.94. The molecule has 1 aliphatic heterocycles. The molecule has 0 bridgehead atoms. The van der Waals surface area contributed by atoms with Crippen LogP contribution in [0.1, 0.15) is 32.3 Å². The first kappa shape index (κ1) is 15.5. The van der Waals surface area contributed by atoms with Crippen molar-refractivity contribution in [2.24, 2.45) is 5.92 Å². The molecule has 1 aliphatic rings. The molecule has 0 N–H and O–H groups in total. The summed E-state index contributed by atoms with van der Waals surface area (Å²) in [5, 5.41) is 0. The Morgan fingerprint density at radius 2 is 1.76 bits per heavy atom. The molecule has 0 aromatic heterocycles. The number of piperidine rings is 1. The van der Waals surface area contributed by atoms with E-state index in [9.17, 15) is 9.59 Å². The summed E-state index contributed by atoms with van der Waals surface area (Å²) in [6, 6.07) is 7.64. The highest BCUT2D eigenvalue weighted by Crippen LogP contribution is 2.18. The molecule has 0 aliphatic carbocycles. The van der Waals surface area contributed by atoms with Crippen LogP contribution < -0.4 is 4.90 Å². The van der Waals surface area contributed by atoms with Gasteiger partial charge in [0.25, 0.3) is 0 Å². The molecule has 1 heterocycles. The molecular formula is C17H24N2O2. The Morgan fingerprint density at radius 1 is 1.19 bits per heavy atom. The average Bonchev–Trinajstić information content (AvgIpc) is 2.47. The molecule has 2 amide bonds. The van der Waals surface area contributed by atoms with Crippen molar-refractivity contribution in [3.05, 3.63) is 29.8 Å². The number of carbonyl (C=O) groups is 2. The molecule has 0 saturated carbocycles. The van der Waals surface area contributed by atoms with Crippen LogP contribution in [0, 0.1) is 5.92 Å². The highest BCUT2D eigenvalue weighted by Gasteiger charge is 2.20. The standard InChI is InChI=1S/C17H24N2O2/c1-13-8-10-19(11-9-13)17(21)12-15-4-6-16(7-5-15)18(3)14(2)20/h4-7,13H,8-12H2,1-3H3. The zero-order chi connectivity index (χ0) is 15.4. The van der Waals surface area contributed by atoms with Gasteiger partial charge in [-0.05, 0) is 36.5 Å². The maximum absolute atomic E-state index is 12.3. The largest absolute Gasteiger partial charge is 0.342 e. The van der Waals surface area contributed by atoms with Crippen LogP contribution in [0.4, 0.5) is 5.69 Å². The predicted octanol–water partition coefficient (Wildman–Crippen LogP) is 2.47. The molecule has 2 rings (SSSR count). The molecule has 1 fully saturated rings. The SMILES string of the molecule is CC(=O)N(C)c1ccc(CC(=O)N2CCC(C)CC2)cc1. The van der Waals surface area contributed by atoms with Crippen molar-refractivity contribution >= 4 is 17.5 Å². The molecule has 0 spiro atoms. The number of hydrogen-bond acceptors (Lipinski definition) is 2. The van der Waals surface area contributed by atoms with Crippen molar-refractivity contribution < 1.29 is 9.59 Å².